The first-order valence-corrected chi connectivity index (χ1v) is 7.23. The average molecular weight is 303 g/mol. The van der Waals surface area contributed by atoms with Gasteiger partial charge in [-0.25, -0.2) is 14.7 Å². The summed E-state index contributed by atoms with van der Waals surface area (Å²) in [5, 5.41) is 6.11. The molecule has 2 aromatic rings. The van der Waals surface area contributed by atoms with Gasteiger partial charge in [0.15, 0.2) is 0 Å². The van der Waals surface area contributed by atoms with Gasteiger partial charge >= 0.3 is 11.8 Å². The zero-order chi connectivity index (χ0) is 15.4. The number of carbonyl (C=O) groups excluding carboxylic acids is 1. The predicted molar refractivity (Wildman–Crippen MR) is 77.3 cm³/mol. The second-order valence-electron chi connectivity index (χ2n) is 5.25. The molecule has 0 atom stereocenters. The number of nitrogens with zero attached hydrogens (tertiary/aromatic N) is 2. The lowest BCUT2D eigenvalue weighted by atomic mass is 9.97. The summed E-state index contributed by atoms with van der Waals surface area (Å²) in [4.78, 5) is 24.7. The smallest absolute Gasteiger partial charge is 0.434 e. The summed E-state index contributed by atoms with van der Waals surface area (Å²) in [6, 6.07) is 9.57. The van der Waals surface area contributed by atoms with Gasteiger partial charge in [-0.15, -0.1) is 5.10 Å². The summed E-state index contributed by atoms with van der Waals surface area (Å²) in [6.07, 6.45) is 1.09. The van der Waals surface area contributed by atoms with E-state index in [2.05, 4.69) is 10.2 Å². The van der Waals surface area contributed by atoms with Gasteiger partial charge in [0.25, 0.3) is 0 Å². The van der Waals surface area contributed by atoms with Crippen LogP contribution >= 0.6 is 0 Å². The third-order valence-corrected chi connectivity index (χ3v) is 3.76. The fraction of sp³-hybridized carbons (Fsp3) is 0.400. The summed E-state index contributed by atoms with van der Waals surface area (Å²) in [5.41, 5.74) is 0.962. The minimum absolute atomic E-state index is 0.0668. The van der Waals surface area contributed by atoms with Gasteiger partial charge in [0.05, 0.1) is 0 Å². The molecule has 1 fully saturated rings. The first-order valence-electron chi connectivity index (χ1n) is 7.23. The number of aromatic nitrogens is 2. The molecule has 0 bridgehead atoms. The number of nitrogens with one attached hydrogen (secondary N) is 1. The number of hydrogen-bond acceptors (Lipinski definition) is 5. The third-order valence-electron chi connectivity index (χ3n) is 3.76. The lowest BCUT2D eigenvalue weighted by Gasteiger charge is -2.29. The fourth-order valence-corrected chi connectivity index (χ4v) is 2.54. The second-order valence-corrected chi connectivity index (χ2v) is 5.25. The quantitative estimate of drug-likeness (QED) is 0.935. The van der Waals surface area contributed by atoms with Crippen molar-refractivity contribution in [2.45, 2.75) is 25.4 Å². The lowest BCUT2D eigenvalue weighted by Crippen LogP contribution is -2.38. The van der Waals surface area contributed by atoms with E-state index in [-0.39, 0.29) is 18.6 Å². The van der Waals surface area contributed by atoms with Gasteiger partial charge in [0.1, 0.15) is 6.61 Å². The zero-order valence-electron chi connectivity index (χ0n) is 12.0. The molecule has 1 aliphatic rings. The summed E-state index contributed by atoms with van der Waals surface area (Å²) in [6.45, 7) is 1.40. The zero-order valence-corrected chi connectivity index (χ0v) is 12.0. The molecular weight excluding hydrogens is 286 g/mol. The van der Waals surface area contributed by atoms with Crippen molar-refractivity contribution in [2.24, 2.45) is 0 Å². The van der Waals surface area contributed by atoms with E-state index in [4.69, 9.17) is 9.15 Å². The molecule has 22 heavy (non-hydrogen) atoms. The van der Waals surface area contributed by atoms with Crippen molar-refractivity contribution in [1.82, 2.24) is 15.1 Å². The molecule has 1 aromatic heterocycles. The monoisotopic (exact) mass is 303 g/mol. The van der Waals surface area contributed by atoms with E-state index in [1.807, 2.05) is 30.3 Å². The molecule has 0 saturated carbocycles. The number of benzene rings is 1. The number of aromatic amines is 1. The molecule has 0 unspecified atom stereocenters. The van der Waals surface area contributed by atoms with E-state index in [9.17, 15) is 9.59 Å². The molecule has 1 saturated heterocycles. The Morgan fingerprint density at radius 2 is 2.05 bits per heavy atom. The number of ether oxygens (including phenoxy) is 1. The van der Waals surface area contributed by atoms with Crippen molar-refractivity contribution in [2.75, 3.05) is 13.1 Å². The summed E-state index contributed by atoms with van der Waals surface area (Å²) < 4.78 is 10.3. The predicted octanol–water partition coefficient (Wildman–Crippen LogP) is 1.88. The Kier molecular flexibility index (Phi) is 4.22. The van der Waals surface area contributed by atoms with E-state index in [0.717, 1.165) is 5.56 Å². The molecule has 7 heteroatoms. The normalized spacial score (nSPS) is 15.7. The van der Waals surface area contributed by atoms with Crippen molar-refractivity contribution in [3.8, 4) is 0 Å². The number of H-pyrrole nitrogens is 1. The topological polar surface area (TPSA) is 88.4 Å². The Morgan fingerprint density at radius 1 is 1.32 bits per heavy atom. The maximum Gasteiger partial charge on any atom is 0.434 e. The van der Waals surface area contributed by atoms with E-state index < -0.39 is 5.76 Å². The molecule has 3 rings (SSSR count). The highest BCUT2D eigenvalue weighted by molar-refractivity contribution is 5.67. The van der Waals surface area contributed by atoms with E-state index in [0.29, 0.717) is 31.8 Å². The Labute approximate surface area is 126 Å². The maximum atomic E-state index is 12.0. The SMILES string of the molecule is O=C(OCc1ccccc1)N1CCC(c2n[nH]c(=O)o2)CC1. The number of likely N-dealkylation sites (tertiary alicyclic amines) is 1. The molecule has 7 nitrogen and oxygen atoms in total. The highest BCUT2D eigenvalue weighted by Crippen LogP contribution is 2.26. The molecule has 1 aromatic carbocycles. The van der Waals surface area contributed by atoms with Crippen LogP contribution in [-0.2, 0) is 11.3 Å². The van der Waals surface area contributed by atoms with Crippen LogP contribution in [-0.4, -0.2) is 34.3 Å². The van der Waals surface area contributed by atoms with Gasteiger partial charge in [0.2, 0.25) is 5.89 Å². The molecule has 1 amide bonds. The number of piperidine rings is 1. The standard InChI is InChI=1S/C15H17N3O4/c19-14-17-16-13(22-14)12-6-8-18(9-7-12)15(20)21-10-11-4-2-1-3-5-11/h1-5,12H,6-10H2,(H,17,19). The Morgan fingerprint density at radius 3 is 2.68 bits per heavy atom. The molecule has 0 radical (unpaired) electrons. The van der Waals surface area contributed by atoms with Crippen molar-refractivity contribution >= 4 is 6.09 Å². The van der Waals surface area contributed by atoms with Gasteiger partial charge in [-0.3, -0.25) is 0 Å². The first kappa shape index (κ1) is 14.4. The molecule has 0 aliphatic carbocycles. The maximum absolute atomic E-state index is 12.0. The van der Waals surface area contributed by atoms with Crippen LogP contribution in [0.25, 0.3) is 0 Å². The van der Waals surface area contributed by atoms with E-state index in [1.165, 1.54) is 0 Å². The number of hydrogen-bond donors (Lipinski definition) is 1. The van der Waals surface area contributed by atoms with Crippen molar-refractivity contribution < 1.29 is 13.9 Å². The first-order chi connectivity index (χ1) is 10.7. The van der Waals surface area contributed by atoms with Crippen LogP contribution < -0.4 is 5.76 Å². The average Bonchev–Trinajstić information content (AvgIpc) is 3.00. The summed E-state index contributed by atoms with van der Waals surface area (Å²) in [5.74, 6) is -0.0564. The van der Waals surface area contributed by atoms with Crippen molar-refractivity contribution in [3.63, 3.8) is 0 Å². The van der Waals surface area contributed by atoms with Crippen LogP contribution in [0.3, 0.4) is 0 Å². The Hall–Kier alpha value is -2.57. The van der Waals surface area contributed by atoms with E-state index in [1.54, 1.807) is 4.90 Å². The summed E-state index contributed by atoms with van der Waals surface area (Å²) in [7, 11) is 0. The van der Waals surface area contributed by atoms with Crippen LogP contribution in [0, 0.1) is 0 Å². The third kappa shape index (κ3) is 3.36. The minimum Gasteiger partial charge on any atom is -0.445 e. The number of amides is 1. The molecule has 0 spiro atoms. The number of rotatable bonds is 3. The van der Waals surface area contributed by atoms with Crippen LogP contribution in [0.15, 0.2) is 39.5 Å². The van der Waals surface area contributed by atoms with Gasteiger partial charge in [-0.1, -0.05) is 30.3 Å². The lowest BCUT2D eigenvalue weighted by molar-refractivity contribution is 0.0855. The van der Waals surface area contributed by atoms with Crippen molar-refractivity contribution in [1.29, 1.82) is 0 Å². The molecule has 2 heterocycles. The molecule has 1 N–H and O–H groups in total. The summed E-state index contributed by atoms with van der Waals surface area (Å²) >= 11 is 0. The second kappa shape index (κ2) is 6.46. The van der Waals surface area contributed by atoms with Gasteiger partial charge in [0, 0.05) is 19.0 Å². The molecule has 1 aliphatic heterocycles. The van der Waals surface area contributed by atoms with Crippen LogP contribution in [0.5, 0.6) is 0 Å². The van der Waals surface area contributed by atoms with Gasteiger partial charge in [-0.05, 0) is 18.4 Å². The Balaban J connectivity index is 1.48. The minimum atomic E-state index is -0.542. The molecular formula is C15H17N3O4. The largest absolute Gasteiger partial charge is 0.445 e. The fourth-order valence-electron chi connectivity index (χ4n) is 2.54. The Bertz CT molecular complexity index is 671. The van der Waals surface area contributed by atoms with Crippen molar-refractivity contribution in [3.05, 3.63) is 52.3 Å². The van der Waals surface area contributed by atoms with E-state index >= 15 is 0 Å². The van der Waals surface area contributed by atoms with Crippen LogP contribution in [0.1, 0.15) is 30.2 Å². The van der Waals surface area contributed by atoms with Crippen LogP contribution in [0.4, 0.5) is 4.79 Å². The molecule has 116 valence electrons. The highest BCUT2D eigenvalue weighted by atomic mass is 16.6. The number of carbonyl (C=O) groups is 1. The van der Waals surface area contributed by atoms with Gasteiger partial charge in [-0.2, -0.15) is 0 Å². The van der Waals surface area contributed by atoms with Crippen LogP contribution in [0.2, 0.25) is 0 Å². The van der Waals surface area contributed by atoms with Gasteiger partial charge < -0.3 is 14.1 Å². The highest BCUT2D eigenvalue weighted by Gasteiger charge is 2.27.